The van der Waals surface area contributed by atoms with Crippen LogP contribution in [0.3, 0.4) is 0 Å². The van der Waals surface area contributed by atoms with Crippen LogP contribution in [0.25, 0.3) is 33.5 Å². The quantitative estimate of drug-likeness (QED) is 0.464. The van der Waals surface area contributed by atoms with Gasteiger partial charge in [0.1, 0.15) is 11.3 Å². The topological polar surface area (TPSA) is 96.7 Å². The highest BCUT2D eigenvalue weighted by Gasteiger charge is 2.47. The van der Waals surface area contributed by atoms with Gasteiger partial charge in [-0.05, 0) is 74.1 Å². The molecule has 0 aliphatic heterocycles. The molecule has 0 spiro atoms. The van der Waals surface area contributed by atoms with Crippen LogP contribution in [-0.2, 0) is 18.3 Å². The van der Waals surface area contributed by atoms with E-state index in [1.807, 2.05) is 42.1 Å². The number of rotatable bonds is 4. The van der Waals surface area contributed by atoms with E-state index in [1.54, 1.807) is 0 Å². The van der Waals surface area contributed by atoms with Crippen LogP contribution in [0.15, 0.2) is 30.5 Å². The van der Waals surface area contributed by atoms with Crippen LogP contribution in [0.5, 0.6) is 0 Å². The summed E-state index contributed by atoms with van der Waals surface area (Å²) in [6.45, 7) is 0. The zero-order valence-corrected chi connectivity index (χ0v) is 18.5. The molecule has 0 amide bonds. The summed E-state index contributed by atoms with van der Waals surface area (Å²) in [7, 11) is 1.96. The second-order valence-electron chi connectivity index (χ2n) is 9.33. The van der Waals surface area contributed by atoms with E-state index in [9.17, 15) is 9.90 Å². The van der Waals surface area contributed by atoms with Crippen molar-refractivity contribution in [3.63, 3.8) is 0 Å². The van der Waals surface area contributed by atoms with Gasteiger partial charge in [0.25, 0.3) is 0 Å². The molecule has 4 aromatic rings. The van der Waals surface area contributed by atoms with Crippen LogP contribution in [0.2, 0.25) is 5.02 Å². The fourth-order valence-corrected chi connectivity index (χ4v) is 6.27. The summed E-state index contributed by atoms with van der Waals surface area (Å²) >= 11 is 6.24. The number of nitrogens with one attached hydrogen (secondary N) is 1. The fourth-order valence-electron chi connectivity index (χ4n) is 6.09. The summed E-state index contributed by atoms with van der Waals surface area (Å²) in [5.74, 6) is 0.434. The first kappa shape index (κ1) is 19.7. The minimum atomic E-state index is -0.657. The zero-order chi connectivity index (χ0) is 22.0. The molecule has 3 aliphatic rings. The number of aliphatic carboxylic acids is 1. The number of carboxylic acid groups (broad SMARTS) is 1. The third kappa shape index (κ3) is 3.02. The lowest BCUT2D eigenvalue weighted by molar-refractivity contribution is -0.152. The lowest BCUT2D eigenvalue weighted by Crippen LogP contribution is -2.45. The summed E-state index contributed by atoms with van der Waals surface area (Å²) in [5, 5.41) is 20.0. The van der Waals surface area contributed by atoms with Gasteiger partial charge in [0, 0.05) is 29.0 Å². The Morgan fingerprint density at radius 1 is 1.16 bits per heavy atom. The number of aromatic nitrogens is 5. The maximum absolute atomic E-state index is 12.2. The first-order chi connectivity index (χ1) is 15.5. The van der Waals surface area contributed by atoms with Gasteiger partial charge in [-0.3, -0.25) is 9.89 Å². The number of hydrogen-bond donors (Lipinski definition) is 2. The Hall–Kier alpha value is -2.93. The van der Waals surface area contributed by atoms with Gasteiger partial charge >= 0.3 is 5.97 Å². The molecule has 3 aromatic heterocycles. The summed E-state index contributed by atoms with van der Waals surface area (Å²) in [6.07, 6.45) is 6.95. The molecule has 2 bridgehead atoms. The minimum Gasteiger partial charge on any atom is -0.481 e. The Morgan fingerprint density at radius 2 is 1.94 bits per heavy atom. The second-order valence-corrected chi connectivity index (χ2v) is 9.76. The van der Waals surface area contributed by atoms with Crippen molar-refractivity contribution in [2.75, 3.05) is 0 Å². The highest BCUT2D eigenvalue weighted by molar-refractivity contribution is 6.31. The molecule has 0 radical (unpaired) electrons. The Bertz CT molecular complexity index is 1350. The van der Waals surface area contributed by atoms with Gasteiger partial charge < -0.3 is 9.67 Å². The van der Waals surface area contributed by atoms with Crippen LogP contribution in [-0.4, -0.2) is 35.8 Å². The molecule has 1 aromatic carbocycles. The zero-order valence-electron chi connectivity index (χ0n) is 17.8. The number of carbonyl (C=O) groups is 1. The summed E-state index contributed by atoms with van der Waals surface area (Å²) in [6, 6.07) is 7.62. The molecule has 7 nitrogen and oxygen atoms in total. The van der Waals surface area contributed by atoms with Crippen molar-refractivity contribution in [3.8, 4) is 11.5 Å². The molecule has 3 heterocycles. The lowest BCUT2D eigenvalue weighted by Gasteiger charge is -2.46. The average molecular weight is 450 g/mol. The molecule has 3 aliphatic carbocycles. The fraction of sp³-hybridized carbons (Fsp3) is 0.417. The van der Waals surface area contributed by atoms with Crippen LogP contribution in [0, 0.1) is 23.7 Å². The third-order valence-electron chi connectivity index (χ3n) is 7.65. The van der Waals surface area contributed by atoms with Crippen molar-refractivity contribution in [2.24, 2.45) is 30.7 Å². The van der Waals surface area contributed by atoms with Gasteiger partial charge in [-0.1, -0.05) is 11.6 Å². The van der Waals surface area contributed by atoms with E-state index in [0.29, 0.717) is 28.9 Å². The van der Waals surface area contributed by atoms with Gasteiger partial charge in [0.2, 0.25) is 0 Å². The first-order valence-corrected chi connectivity index (χ1v) is 11.6. The molecule has 2 atom stereocenters. The Morgan fingerprint density at radius 3 is 2.72 bits per heavy atom. The van der Waals surface area contributed by atoms with Crippen molar-refractivity contribution in [2.45, 2.75) is 32.1 Å². The van der Waals surface area contributed by atoms with Crippen LogP contribution < -0.4 is 0 Å². The number of aryl methyl sites for hydroxylation is 1. The predicted octanol–water partition coefficient (Wildman–Crippen LogP) is 4.84. The van der Waals surface area contributed by atoms with E-state index in [2.05, 4.69) is 10.2 Å². The number of hydrogen-bond acceptors (Lipinski definition) is 4. The number of halogens is 1. The molecule has 8 heteroatoms. The first-order valence-electron chi connectivity index (χ1n) is 11.2. The van der Waals surface area contributed by atoms with Crippen LogP contribution in [0.4, 0.5) is 0 Å². The maximum Gasteiger partial charge on any atom is 0.307 e. The molecular weight excluding hydrogens is 426 g/mol. The van der Waals surface area contributed by atoms with Gasteiger partial charge in [-0.25, -0.2) is 9.97 Å². The molecule has 0 saturated heterocycles. The van der Waals surface area contributed by atoms with Crippen LogP contribution >= 0.6 is 11.6 Å². The van der Waals surface area contributed by atoms with E-state index in [1.165, 1.54) is 0 Å². The molecular formula is C24H24ClN5O2. The smallest absolute Gasteiger partial charge is 0.307 e. The number of aromatic amines is 1. The number of benzene rings is 1. The molecule has 32 heavy (non-hydrogen) atoms. The minimum absolute atomic E-state index is 0.108. The Balaban J connectivity index is 1.48. The normalized spacial score (nSPS) is 25.1. The van der Waals surface area contributed by atoms with Crippen molar-refractivity contribution in [1.29, 1.82) is 0 Å². The maximum atomic E-state index is 12.2. The lowest BCUT2D eigenvalue weighted by atomic mass is 9.57. The molecule has 164 valence electrons. The Kier molecular flexibility index (Phi) is 4.50. The van der Waals surface area contributed by atoms with Crippen molar-refractivity contribution < 1.29 is 9.90 Å². The highest BCUT2D eigenvalue weighted by Crippen LogP contribution is 2.50. The van der Waals surface area contributed by atoms with E-state index in [4.69, 9.17) is 21.6 Å². The van der Waals surface area contributed by atoms with Crippen molar-refractivity contribution in [1.82, 2.24) is 24.7 Å². The Labute approximate surface area is 189 Å². The standard InChI is InChI=1S/C24H24ClN5O2/c1-30-9-8-15-19(11-16-12-2-4-13(5-3-12)20(16)24(31)32)26-22(27-23(15)30)21-17-10-14(25)6-7-18(17)28-29-21/h6-10,12-13,16,20H,2-5,11H2,1H3,(H,28,29)(H,31,32). The largest absolute Gasteiger partial charge is 0.481 e. The summed E-state index contributed by atoms with van der Waals surface area (Å²) < 4.78 is 1.98. The monoisotopic (exact) mass is 449 g/mol. The highest BCUT2D eigenvalue weighted by atomic mass is 35.5. The summed E-state index contributed by atoms with van der Waals surface area (Å²) in [4.78, 5) is 22.0. The van der Waals surface area contributed by atoms with Crippen molar-refractivity contribution in [3.05, 3.63) is 41.2 Å². The van der Waals surface area contributed by atoms with E-state index >= 15 is 0 Å². The molecule has 3 fully saturated rings. The summed E-state index contributed by atoms with van der Waals surface area (Å²) in [5.41, 5.74) is 3.27. The van der Waals surface area contributed by atoms with Crippen molar-refractivity contribution >= 4 is 39.5 Å². The van der Waals surface area contributed by atoms with E-state index in [0.717, 1.165) is 53.3 Å². The SMILES string of the molecule is Cn1ccc2c(CC3C4CCC(CC4)C3C(=O)O)nc(-c3n[nH]c4ccc(Cl)cc34)nc21. The third-order valence-corrected chi connectivity index (χ3v) is 7.88. The van der Waals surface area contributed by atoms with Gasteiger partial charge in [-0.15, -0.1) is 0 Å². The number of nitrogens with zero attached hydrogens (tertiary/aromatic N) is 4. The molecule has 7 rings (SSSR count). The number of carboxylic acids is 1. The van der Waals surface area contributed by atoms with Crippen LogP contribution in [0.1, 0.15) is 31.4 Å². The molecule has 2 N–H and O–H groups in total. The number of fused-ring (bicyclic) bond motifs is 5. The average Bonchev–Trinajstić information content (AvgIpc) is 3.37. The molecule has 2 unspecified atom stereocenters. The predicted molar refractivity (Wildman–Crippen MR) is 122 cm³/mol. The van der Waals surface area contributed by atoms with E-state index in [-0.39, 0.29) is 17.8 Å². The van der Waals surface area contributed by atoms with Gasteiger partial charge in [0.05, 0.1) is 17.1 Å². The number of H-pyrrole nitrogens is 1. The molecule has 3 saturated carbocycles. The van der Waals surface area contributed by atoms with E-state index < -0.39 is 5.97 Å². The second kappa shape index (κ2) is 7.30. The van der Waals surface area contributed by atoms with Gasteiger partial charge in [0.15, 0.2) is 5.82 Å². The van der Waals surface area contributed by atoms with Gasteiger partial charge in [-0.2, -0.15) is 5.10 Å².